The maximum Gasteiger partial charge on any atom is 0.408 e. The van der Waals surface area contributed by atoms with Crippen LogP contribution in [-0.4, -0.2) is 46.8 Å². The molecule has 1 heterocycles. The highest BCUT2D eigenvalue weighted by atomic mass is 127. The largest absolute Gasteiger partial charge is 0.480 e. The van der Waals surface area contributed by atoms with E-state index in [-0.39, 0.29) is 12.3 Å². The monoisotopic (exact) mass is 510 g/mol. The minimum absolute atomic E-state index is 0.0449. The lowest BCUT2D eigenvalue weighted by molar-refractivity contribution is -0.143. The Balaban J connectivity index is 2.19. The van der Waals surface area contributed by atoms with Gasteiger partial charge in [0.25, 0.3) is 0 Å². The fraction of sp³-hybridized carbons (Fsp3) is 0.400. The normalized spacial score (nSPS) is 12.9. The second kappa shape index (κ2) is 10.2. The summed E-state index contributed by atoms with van der Waals surface area (Å²) in [7, 11) is 0. The molecule has 0 aliphatic carbocycles. The van der Waals surface area contributed by atoms with E-state index in [1.165, 1.54) is 0 Å². The number of carboxylic acid groups (broad SMARTS) is 2. The summed E-state index contributed by atoms with van der Waals surface area (Å²) in [6.45, 7) is 4.25. The molecule has 29 heavy (non-hydrogen) atoms. The summed E-state index contributed by atoms with van der Waals surface area (Å²) >= 11 is 1.98. The molecule has 2 aromatic rings. The van der Waals surface area contributed by atoms with Crippen molar-refractivity contribution in [3.63, 3.8) is 0 Å². The lowest BCUT2D eigenvalue weighted by atomic mass is 10.0. The predicted octanol–water partition coefficient (Wildman–Crippen LogP) is 3.59. The Morgan fingerprint density at radius 3 is 2.45 bits per heavy atom. The van der Waals surface area contributed by atoms with Gasteiger partial charge in [-0.3, -0.25) is 4.90 Å². The van der Waals surface area contributed by atoms with Crippen molar-refractivity contribution in [1.29, 1.82) is 5.26 Å². The molecule has 154 valence electrons. The number of amides is 1. The highest BCUT2D eigenvalue weighted by Gasteiger charge is 2.35. The number of aliphatic carboxylic acids is 1. The van der Waals surface area contributed by atoms with E-state index < -0.39 is 22.2 Å². The summed E-state index contributed by atoms with van der Waals surface area (Å²) < 4.78 is 1.33. The van der Waals surface area contributed by atoms with Crippen molar-refractivity contribution in [1.82, 2.24) is 14.5 Å². The number of carboxylic acids is 1. The topological polar surface area (TPSA) is 119 Å². The quantitative estimate of drug-likeness (QED) is 0.302. The molecule has 0 radical (unpaired) electrons. The number of rotatable bonds is 9. The maximum absolute atomic E-state index is 11.8. The van der Waals surface area contributed by atoms with Gasteiger partial charge in [-0.25, -0.2) is 14.6 Å². The van der Waals surface area contributed by atoms with E-state index >= 15 is 0 Å². The van der Waals surface area contributed by atoms with E-state index in [4.69, 9.17) is 5.26 Å². The molecule has 8 nitrogen and oxygen atoms in total. The van der Waals surface area contributed by atoms with Gasteiger partial charge < -0.3 is 14.8 Å². The maximum atomic E-state index is 11.8. The molecule has 0 aliphatic heterocycles. The zero-order valence-electron chi connectivity index (χ0n) is 16.2. The molecular formula is C20H23IN4O4. The summed E-state index contributed by atoms with van der Waals surface area (Å²) in [6.07, 6.45) is 2.63. The van der Waals surface area contributed by atoms with Crippen LogP contribution in [0.1, 0.15) is 37.1 Å². The number of aromatic nitrogens is 2. The van der Waals surface area contributed by atoms with Crippen LogP contribution in [0.15, 0.2) is 36.8 Å². The SMILES string of the molecule is CC(C)CC(C(=O)O)N(C(=O)O)C(I)Cc1cncn1Cc1ccc(C#N)cc1. The van der Waals surface area contributed by atoms with Crippen LogP contribution in [0.25, 0.3) is 0 Å². The first-order chi connectivity index (χ1) is 13.7. The standard InChI is InChI=1S/C20H23IN4O4/c1-13(2)7-17(19(26)27)25(20(28)29)18(21)8-16-10-23-12-24(16)11-15-5-3-14(9-22)4-6-15/h3-6,10,12-13,17-18H,7-8,11H2,1-2H3,(H,26,27)(H,28,29). The fourth-order valence-corrected chi connectivity index (χ4v) is 4.12. The molecule has 1 amide bonds. The third-order valence-corrected chi connectivity index (χ3v) is 5.49. The second-order valence-electron chi connectivity index (χ2n) is 7.13. The van der Waals surface area contributed by atoms with Crippen LogP contribution in [0.3, 0.4) is 0 Å². The molecule has 0 saturated heterocycles. The van der Waals surface area contributed by atoms with Crippen LogP contribution in [0.5, 0.6) is 0 Å². The highest BCUT2D eigenvalue weighted by molar-refractivity contribution is 14.1. The first-order valence-electron chi connectivity index (χ1n) is 9.09. The number of hydrogen-bond donors (Lipinski definition) is 2. The average Bonchev–Trinajstić information content (AvgIpc) is 3.07. The third-order valence-electron chi connectivity index (χ3n) is 4.45. The lowest BCUT2D eigenvalue weighted by Gasteiger charge is -2.31. The number of imidazole rings is 1. The summed E-state index contributed by atoms with van der Waals surface area (Å²) in [5, 5.41) is 28.1. The van der Waals surface area contributed by atoms with Crippen molar-refractivity contribution >= 4 is 34.7 Å². The number of hydrogen-bond acceptors (Lipinski definition) is 4. The number of nitriles is 1. The number of nitrogens with zero attached hydrogens (tertiary/aromatic N) is 4. The fourth-order valence-electron chi connectivity index (χ4n) is 3.04. The Hall–Kier alpha value is -2.61. The molecule has 2 unspecified atom stereocenters. The Morgan fingerprint density at radius 2 is 1.93 bits per heavy atom. The van der Waals surface area contributed by atoms with Gasteiger partial charge in [0, 0.05) is 24.9 Å². The van der Waals surface area contributed by atoms with Crippen LogP contribution in [0, 0.1) is 17.2 Å². The first-order valence-corrected chi connectivity index (χ1v) is 10.3. The van der Waals surface area contributed by atoms with Crippen LogP contribution in [0.4, 0.5) is 4.79 Å². The van der Waals surface area contributed by atoms with Gasteiger partial charge in [-0.2, -0.15) is 5.26 Å². The minimum atomic E-state index is -1.25. The molecule has 0 saturated carbocycles. The van der Waals surface area contributed by atoms with Crippen molar-refractivity contribution in [2.24, 2.45) is 5.92 Å². The highest BCUT2D eigenvalue weighted by Crippen LogP contribution is 2.23. The summed E-state index contributed by atoms with van der Waals surface area (Å²) in [6, 6.07) is 8.16. The summed E-state index contributed by atoms with van der Waals surface area (Å²) in [4.78, 5) is 28.7. The molecule has 0 fully saturated rings. The lowest BCUT2D eigenvalue weighted by Crippen LogP contribution is -2.49. The Labute approximate surface area is 182 Å². The molecule has 1 aromatic carbocycles. The van der Waals surface area contributed by atoms with Gasteiger partial charge in [0.2, 0.25) is 0 Å². The zero-order valence-corrected chi connectivity index (χ0v) is 18.4. The van der Waals surface area contributed by atoms with Gasteiger partial charge >= 0.3 is 12.1 Å². The van der Waals surface area contributed by atoms with Crippen molar-refractivity contribution in [2.45, 2.75) is 43.3 Å². The molecule has 2 atom stereocenters. The van der Waals surface area contributed by atoms with Crippen molar-refractivity contribution in [2.75, 3.05) is 0 Å². The molecule has 0 aliphatic rings. The smallest absolute Gasteiger partial charge is 0.408 e. The van der Waals surface area contributed by atoms with Crippen LogP contribution < -0.4 is 0 Å². The first kappa shape index (κ1) is 22.7. The number of alkyl halides is 1. The van der Waals surface area contributed by atoms with Gasteiger partial charge in [-0.15, -0.1) is 0 Å². The summed E-state index contributed by atoms with van der Waals surface area (Å²) in [5.41, 5.74) is 2.36. The van der Waals surface area contributed by atoms with E-state index in [0.29, 0.717) is 18.5 Å². The van der Waals surface area contributed by atoms with E-state index in [1.807, 2.05) is 53.1 Å². The zero-order chi connectivity index (χ0) is 21.6. The van der Waals surface area contributed by atoms with Gasteiger partial charge in [0.15, 0.2) is 0 Å². The second-order valence-corrected chi connectivity index (χ2v) is 8.57. The molecule has 2 rings (SSSR count). The van der Waals surface area contributed by atoms with Gasteiger partial charge in [-0.1, -0.05) is 48.6 Å². The molecular weight excluding hydrogens is 487 g/mol. The molecule has 2 N–H and O–H groups in total. The van der Waals surface area contributed by atoms with E-state index in [1.54, 1.807) is 24.7 Å². The predicted molar refractivity (Wildman–Crippen MR) is 115 cm³/mol. The van der Waals surface area contributed by atoms with Crippen LogP contribution in [0.2, 0.25) is 0 Å². The average molecular weight is 510 g/mol. The minimum Gasteiger partial charge on any atom is -0.480 e. The molecule has 9 heteroatoms. The van der Waals surface area contributed by atoms with E-state index in [9.17, 15) is 19.8 Å². The van der Waals surface area contributed by atoms with Gasteiger partial charge in [-0.05, 0) is 30.0 Å². The Kier molecular flexibility index (Phi) is 8.01. The number of halogens is 1. The van der Waals surface area contributed by atoms with Crippen molar-refractivity contribution in [3.05, 3.63) is 53.6 Å². The van der Waals surface area contributed by atoms with Gasteiger partial charge in [0.05, 0.1) is 22.0 Å². The molecule has 0 bridgehead atoms. The summed E-state index contributed by atoms with van der Waals surface area (Å²) in [5.74, 6) is -1.10. The molecule has 0 spiro atoms. The Morgan fingerprint density at radius 1 is 1.28 bits per heavy atom. The van der Waals surface area contributed by atoms with Crippen LogP contribution in [-0.2, 0) is 17.8 Å². The number of benzene rings is 1. The van der Waals surface area contributed by atoms with Crippen molar-refractivity contribution in [3.8, 4) is 6.07 Å². The van der Waals surface area contributed by atoms with Crippen molar-refractivity contribution < 1.29 is 19.8 Å². The molecule has 1 aromatic heterocycles. The van der Waals surface area contributed by atoms with Crippen LogP contribution >= 0.6 is 22.6 Å². The Bertz CT molecular complexity index is 889. The third kappa shape index (κ3) is 6.19. The van der Waals surface area contributed by atoms with E-state index in [2.05, 4.69) is 11.1 Å². The van der Waals surface area contributed by atoms with E-state index in [0.717, 1.165) is 16.2 Å². The number of carbonyl (C=O) groups is 2. The van der Waals surface area contributed by atoms with Gasteiger partial charge in [0.1, 0.15) is 6.04 Å².